The molecule has 0 radical (unpaired) electrons. The quantitative estimate of drug-likeness (QED) is 0.634. The van der Waals surface area contributed by atoms with E-state index in [1.807, 2.05) is 18.2 Å². The van der Waals surface area contributed by atoms with Crippen LogP contribution in [0.3, 0.4) is 0 Å². The minimum absolute atomic E-state index is 0.264. The summed E-state index contributed by atoms with van der Waals surface area (Å²) in [4.78, 5) is 0. The van der Waals surface area contributed by atoms with E-state index in [1.54, 1.807) is 0 Å². The summed E-state index contributed by atoms with van der Waals surface area (Å²) < 4.78 is 0. The second kappa shape index (κ2) is 8.84. The molecule has 1 unspecified atom stereocenters. The summed E-state index contributed by atoms with van der Waals surface area (Å²) in [5.41, 5.74) is 1.06. The highest BCUT2D eigenvalue weighted by Crippen LogP contribution is 2.33. The number of hydrogen-bond acceptors (Lipinski definition) is 1. The first-order valence-electron chi connectivity index (χ1n) is 7.23. The van der Waals surface area contributed by atoms with Crippen LogP contribution in [0.15, 0.2) is 18.2 Å². The van der Waals surface area contributed by atoms with Crippen molar-refractivity contribution in [1.29, 1.82) is 0 Å². The van der Waals surface area contributed by atoms with Crippen LogP contribution in [0.2, 0.25) is 10.0 Å². The SMILES string of the molecule is CCCNC(CCCC(C)C)c1c(Cl)cccc1Cl. The normalized spacial score (nSPS) is 12.9. The van der Waals surface area contributed by atoms with Crippen LogP contribution in [-0.2, 0) is 0 Å². The lowest BCUT2D eigenvalue weighted by molar-refractivity contribution is 0.448. The van der Waals surface area contributed by atoms with Gasteiger partial charge in [-0.2, -0.15) is 0 Å². The van der Waals surface area contributed by atoms with E-state index < -0.39 is 0 Å². The third-order valence-electron chi connectivity index (χ3n) is 3.26. The average Bonchev–Trinajstić information content (AvgIpc) is 2.34. The third kappa shape index (κ3) is 5.72. The van der Waals surface area contributed by atoms with Crippen molar-refractivity contribution >= 4 is 23.2 Å². The highest BCUT2D eigenvalue weighted by atomic mass is 35.5. The van der Waals surface area contributed by atoms with Crippen molar-refractivity contribution in [3.05, 3.63) is 33.8 Å². The molecule has 1 nitrogen and oxygen atoms in total. The maximum absolute atomic E-state index is 6.32. The number of benzene rings is 1. The minimum Gasteiger partial charge on any atom is -0.310 e. The predicted molar refractivity (Wildman–Crippen MR) is 86.2 cm³/mol. The maximum atomic E-state index is 6.32. The molecule has 1 rings (SSSR count). The molecule has 0 amide bonds. The fraction of sp³-hybridized carbons (Fsp3) is 0.625. The zero-order valence-electron chi connectivity index (χ0n) is 12.2. The molecular formula is C16H25Cl2N. The van der Waals surface area contributed by atoms with Gasteiger partial charge in [-0.15, -0.1) is 0 Å². The van der Waals surface area contributed by atoms with Crippen LogP contribution in [0.5, 0.6) is 0 Å². The molecule has 3 heteroatoms. The summed E-state index contributed by atoms with van der Waals surface area (Å²) in [5.74, 6) is 0.744. The molecule has 0 aliphatic heterocycles. The molecule has 0 saturated carbocycles. The van der Waals surface area contributed by atoms with Gasteiger partial charge < -0.3 is 5.32 Å². The first-order valence-corrected chi connectivity index (χ1v) is 7.99. The molecule has 0 fully saturated rings. The summed E-state index contributed by atoms with van der Waals surface area (Å²) in [7, 11) is 0. The van der Waals surface area contributed by atoms with Crippen LogP contribution in [0, 0.1) is 5.92 Å². The van der Waals surface area contributed by atoms with Crippen molar-refractivity contribution in [1.82, 2.24) is 5.32 Å². The molecule has 0 bridgehead atoms. The Bertz CT molecular complexity index is 357. The van der Waals surface area contributed by atoms with E-state index in [1.165, 1.54) is 12.8 Å². The Labute approximate surface area is 127 Å². The number of rotatable bonds is 8. The Morgan fingerprint density at radius 1 is 1.11 bits per heavy atom. The first-order chi connectivity index (χ1) is 9.06. The zero-order valence-corrected chi connectivity index (χ0v) is 13.7. The smallest absolute Gasteiger partial charge is 0.0468 e. The Kier molecular flexibility index (Phi) is 7.82. The van der Waals surface area contributed by atoms with Gasteiger partial charge in [0.1, 0.15) is 0 Å². The molecule has 0 aliphatic carbocycles. The van der Waals surface area contributed by atoms with Crippen molar-refractivity contribution in [3.8, 4) is 0 Å². The van der Waals surface area contributed by atoms with Gasteiger partial charge in [0.25, 0.3) is 0 Å². The summed E-state index contributed by atoms with van der Waals surface area (Å²) in [6.07, 6.45) is 4.64. The maximum Gasteiger partial charge on any atom is 0.0468 e. The molecule has 0 heterocycles. The van der Waals surface area contributed by atoms with Crippen LogP contribution in [0.25, 0.3) is 0 Å². The molecule has 1 aromatic carbocycles. The van der Waals surface area contributed by atoms with E-state index >= 15 is 0 Å². The highest BCUT2D eigenvalue weighted by molar-refractivity contribution is 6.36. The Morgan fingerprint density at radius 3 is 2.26 bits per heavy atom. The third-order valence-corrected chi connectivity index (χ3v) is 3.92. The van der Waals surface area contributed by atoms with Crippen LogP contribution < -0.4 is 5.32 Å². The van der Waals surface area contributed by atoms with Gasteiger partial charge in [0.05, 0.1) is 0 Å². The van der Waals surface area contributed by atoms with Gasteiger partial charge in [-0.3, -0.25) is 0 Å². The summed E-state index contributed by atoms with van der Waals surface area (Å²) in [6.45, 7) is 7.69. The zero-order chi connectivity index (χ0) is 14.3. The molecule has 0 aliphatic rings. The molecular weight excluding hydrogens is 277 g/mol. The lowest BCUT2D eigenvalue weighted by Crippen LogP contribution is -2.23. The average molecular weight is 302 g/mol. The van der Waals surface area contributed by atoms with Crippen molar-refractivity contribution in [2.45, 2.75) is 52.5 Å². The van der Waals surface area contributed by atoms with Gasteiger partial charge in [0, 0.05) is 21.7 Å². The van der Waals surface area contributed by atoms with Crippen LogP contribution in [-0.4, -0.2) is 6.54 Å². The second-order valence-electron chi connectivity index (χ2n) is 5.47. The molecule has 1 aromatic rings. The minimum atomic E-state index is 0.264. The van der Waals surface area contributed by atoms with E-state index in [0.29, 0.717) is 0 Å². The van der Waals surface area contributed by atoms with Crippen LogP contribution in [0.4, 0.5) is 0 Å². The monoisotopic (exact) mass is 301 g/mol. The topological polar surface area (TPSA) is 12.0 Å². The molecule has 108 valence electrons. The molecule has 0 aromatic heterocycles. The summed E-state index contributed by atoms with van der Waals surface area (Å²) in [6, 6.07) is 6.01. The Balaban J connectivity index is 2.77. The molecule has 0 spiro atoms. The van der Waals surface area contributed by atoms with E-state index in [2.05, 4.69) is 26.1 Å². The van der Waals surface area contributed by atoms with Gasteiger partial charge in [0.2, 0.25) is 0 Å². The summed E-state index contributed by atoms with van der Waals surface area (Å²) in [5, 5.41) is 5.11. The van der Waals surface area contributed by atoms with E-state index in [9.17, 15) is 0 Å². The van der Waals surface area contributed by atoms with Crippen LogP contribution >= 0.6 is 23.2 Å². The summed E-state index contributed by atoms with van der Waals surface area (Å²) >= 11 is 12.6. The number of nitrogens with one attached hydrogen (secondary N) is 1. The molecule has 0 saturated heterocycles. The van der Waals surface area contributed by atoms with Crippen molar-refractivity contribution in [2.75, 3.05) is 6.54 Å². The van der Waals surface area contributed by atoms with Gasteiger partial charge in [-0.05, 0) is 37.4 Å². The molecule has 19 heavy (non-hydrogen) atoms. The lowest BCUT2D eigenvalue weighted by Gasteiger charge is -2.21. The van der Waals surface area contributed by atoms with Gasteiger partial charge in [0.15, 0.2) is 0 Å². The first kappa shape index (κ1) is 16.8. The van der Waals surface area contributed by atoms with E-state index in [4.69, 9.17) is 23.2 Å². The van der Waals surface area contributed by atoms with Gasteiger partial charge in [-0.25, -0.2) is 0 Å². The lowest BCUT2D eigenvalue weighted by atomic mass is 9.97. The fourth-order valence-electron chi connectivity index (χ4n) is 2.24. The molecule has 1 atom stereocenters. The number of hydrogen-bond donors (Lipinski definition) is 1. The van der Waals surface area contributed by atoms with E-state index in [0.717, 1.165) is 40.9 Å². The second-order valence-corrected chi connectivity index (χ2v) is 6.28. The van der Waals surface area contributed by atoms with Gasteiger partial charge >= 0.3 is 0 Å². The number of halogens is 2. The van der Waals surface area contributed by atoms with Crippen molar-refractivity contribution in [3.63, 3.8) is 0 Å². The van der Waals surface area contributed by atoms with Crippen molar-refractivity contribution < 1.29 is 0 Å². The Morgan fingerprint density at radius 2 is 1.74 bits per heavy atom. The fourth-order valence-corrected chi connectivity index (χ4v) is 2.90. The standard InChI is InChI=1S/C16H25Cl2N/c1-4-11-19-15(10-5-7-12(2)3)16-13(17)8-6-9-14(16)18/h6,8-9,12,15,19H,4-5,7,10-11H2,1-3H3. The van der Waals surface area contributed by atoms with Gasteiger partial charge in [-0.1, -0.05) is 62.9 Å². The molecule has 1 N–H and O–H groups in total. The predicted octanol–water partition coefficient (Wildman–Crippen LogP) is 5.86. The largest absolute Gasteiger partial charge is 0.310 e. The van der Waals surface area contributed by atoms with E-state index in [-0.39, 0.29) is 6.04 Å². The highest BCUT2D eigenvalue weighted by Gasteiger charge is 2.17. The Hall–Kier alpha value is -0.240. The van der Waals surface area contributed by atoms with Crippen LogP contribution in [0.1, 0.15) is 58.1 Å². The van der Waals surface area contributed by atoms with Crippen molar-refractivity contribution in [2.24, 2.45) is 5.92 Å².